The van der Waals surface area contributed by atoms with E-state index >= 15 is 0 Å². The number of nitrogens with zero attached hydrogens (tertiary/aromatic N) is 2. The molecule has 2 aromatic rings. The molecule has 0 radical (unpaired) electrons. The highest BCUT2D eigenvalue weighted by Crippen LogP contribution is 2.14. The van der Waals surface area contributed by atoms with E-state index in [1.165, 1.54) is 4.88 Å². The Balaban J connectivity index is 1.78. The number of aliphatic hydroxyl groups is 1. The van der Waals surface area contributed by atoms with Crippen molar-refractivity contribution in [1.29, 1.82) is 5.26 Å². The smallest absolute Gasteiger partial charge is 0.119 e. The molecule has 4 nitrogen and oxygen atoms in total. The summed E-state index contributed by atoms with van der Waals surface area (Å²) >= 11 is 1.73. The fourth-order valence-electron chi connectivity index (χ4n) is 2.10. The highest BCUT2D eigenvalue weighted by atomic mass is 32.1. The largest absolute Gasteiger partial charge is 0.491 e. The van der Waals surface area contributed by atoms with Crippen LogP contribution in [0.5, 0.6) is 5.75 Å². The second kappa shape index (κ2) is 8.54. The topological polar surface area (TPSA) is 56.5 Å². The lowest BCUT2D eigenvalue weighted by Crippen LogP contribution is -2.35. The Morgan fingerprint density at radius 2 is 2.09 bits per heavy atom. The van der Waals surface area contributed by atoms with Gasteiger partial charge in [0, 0.05) is 18.0 Å². The van der Waals surface area contributed by atoms with Crippen LogP contribution in [0.15, 0.2) is 41.8 Å². The van der Waals surface area contributed by atoms with Crippen molar-refractivity contribution < 1.29 is 9.84 Å². The van der Waals surface area contributed by atoms with Crippen LogP contribution in [0.2, 0.25) is 0 Å². The third-order valence-corrected chi connectivity index (χ3v) is 4.16. The van der Waals surface area contributed by atoms with Gasteiger partial charge in [-0.3, -0.25) is 4.90 Å². The van der Waals surface area contributed by atoms with E-state index in [0.717, 1.165) is 13.1 Å². The molecule has 116 valence electrons. The second-order valence-electron chi connectivity index (χ2n) is 5.01. The first-order chi connectivity index (χ1) is 10.7. The van der Waals surface area contributed by atoms with E-state index in [0.29, 0.717) is 17.9 Å². The third-order valence-electron chi connectivity index (χ3n) is 3.30. The van der Waals surface area contributed by atoms with Gasteiger partial charge in [-0.2, -0.15) is 5.26 Å². The molecule has 2 rings (SSSR count). The number of aliphatic hydroxyl groups excluding tert-OH is 1. The van der Waals surface area contributed by atoms with Gasteiger partial charge in [0.05, 0.1) is 11.6 Å². The Hall–Kier alpha value is -1.87. The lowest BCUT2D eigenvalue weighted by Gasteiger charge is -2.23. The first-order valence-corrected chi connectivity index (χ1v) is 8.15. The number of likely N-dealkylation sites (N-methyl/N-ethyl adjacent to an activating group) is 1. The van der Waals surface area contributed by atoms with Gasteiger partial charge in [-0.15, -0.1) is 11.3 Å². The molecule has 0 saturated carbocycles. The van der Waals surface area contributed by atoms with Crippen LogP contribution in [0.4, 0.5) is 0 Å². The first-order valence-electron chi connectivity index (χ1n) is 7.27. The molecule has 0 spiro atoms. The molecule has 0 aliphatic rings. The van der Waals surface area contributed by atoms with Crippen LogP contribution in [0, 0.1) is 11.3 Å². The lowest BCUT2D eigenvalue weighted by atomic mass is 10.2. The standard InChI is InChI=1S/C17H20N2O2S/c1-2-19(12-17-4-3-9-22-17)11-15(20)13-21-16-7-5-14(10-18)6-8-16/h3-9,15,20H,2,11-13H2,1H3. The molecule has 5 heteroatoms. The molecule has 1 unspecified atom stereocenters. The van der Waals surface area contributed by atoms with Gasteiger partial charge in [0.25, 0.3) is 0 Å². The van der Waals surface area contributed by atoms with Gasteiger partial charge in [0.15, 0.2) is 0 Å². The normalized spacial score (nSPS) is 12.1. The van der Waals surface area contributed by atoms with Crippen molar-refractivity contribution in [3.63, 3.8) is 0 Å². The van der Waals surface area contributed by atoms with E-state index in [9.17, 15) is 5.11 Å². The van der Waals surface area contributed by atoms with Crippen LogP contribution in [0.25, 0.3) is 0 Å². The van der Waals surface area contributed by atoms with Crippen molar-refractivity contribution in [2.75, 3.05) is 19.7 Å². The molecule has 0 saturated heterocycles. The molecule has 0 amide bonds. The minimum atomic E-state index is -0.546. The number of ether oxygens (including phenoxy) is 1. The fraction of sp³-hybridized carbons (Fsp3) is 0.353. The Kier molecular flexibility index (Phi) is 6.41. The molecule has 1 N–H and O–H groups in total. The molecule has 1 aromatic heterocycles. The van der Waals surface area contributed by atoms with Crippen molar-refractivity contribution in [2.24, 2.45) is 0 Å². The minimum absolute atomic E-state index is 0.243. The zero-order valence-electron chi connectivity index (χ0n) is 12.6. The number of nitriles is 1. The summed E-state index contributed by atoms with van der Waals surface area (Å²) in [5.74, 6) is 0.666. The maximum absolute atomic E-state index is 10.1. The first kappa shape index (κ1) is 16.5. The summed E-state index contributed by atoms with van der Waals surface area (Å²) in [5.41, 5.74) is 0.598. The molecule has 1 atom stereocenters. The van der Waals surface area contributed by atoms with Crippen LogP contribution in [0.1, 0.15) is 17.4 Å². The highest BCUT2D eigenvalue weighted by molar-refractivity contribution is 7.09. The summed E-state index contributed by atoms with van der Waals surface area (Å²) < 4.78 is 5.56. The van der Waals surface area contributed by atoms with Crippen LogP contribution in [-0.4, -0.2) is 35.8 Å². The van der Waals surface area contributed by atoms with Crippen molar-refractivity contribution in [3.8, 4) is 11.8 Å². The summed E-state index contributed by atoms with van der Waals surface area (Å²) in [6.45, 7) is 4.63. The van der Waals surface area contributed by atoms with Crippen molar-refractivity contribution in [1.82, 2.24) is 4.90 Å². The summed E-state index contributed by atoms with van der Waals surface area (Å²) in [4.78, 5) is 3.49. The number of thiophene rings is 1. The minimum Gasteiger partial charge on any atom is -0.491 e. The van der Waals surface area contributed by atoms with Gasteiger partial charge in [0.1, 0.15) is 18.5 Å². The molecule has 0 fully saturated rings. The fourth-order valence-corrected chi connectivity index (χ4v) is 2.84. The van der Waals surface area contributed by atoms with Gasteiger partial charge in [-0.05, 0) is 42.3 Å². The van der Waals surface area contributed by atoms with Gasteiger partial charge in [0.2, 0.25) is 0 Å². The predicted molar refractivity (Wildman–Crippen MR) is 87.9 cm³/mol. The number of hydrogen-bond donors (Lipinski definition) is 1. The maximum atomic E-state index is 10.1. The van der Waals surface area contributed by atoms with E-state index in [1.54, 1.807) is 35.6 Å². The lowest BCUT2D eigenvalue weighted by molar-refractivity contribution is 0.0678. The summed E-state index contributed by atoms with van der Waals surface area (Å²) in [6, 6.07) is 13.1. The van der Waals surface area contributed by atoms with Crippen LogP contribution < -0.4 is 4.74 Å². The van der Waals surface area contributed by atoms with Crippen LogP contribution >= 0.6 is 11.3 Å². The van der Waals surface area contributed by atoms with Crippen molar-refractivity contribution in [3.05, 3.63) is 52.2 Å². The summed E-state index contributed by atoms with van der Waals surface area (Å²) in [5, 5.41) is 20.9. The van der Waals surface area contributed by atoms with Crippen LogP contribution in [-0.2, 0) is 6.54 Å². The predicted octanol–water partition coefficient (Wildman–Crippen LogP) is 2.88. The van der Waals surface area contributed by atoms with E-state index in [2.05, 4.69) is 29.3 Å². The molecule has 0 aliphatic heterocycles. The summed E-state index contributed by atoms with van der Waals surface area (Å²) in [7, 11) is 0. The average Bonchev–Trinajstić information content (AvgIpc) is 3.05. The van der Waals surface area contributed by atoms with Gasteiger partial charge in [-0.25, -0.2) is 0 Å². The van der Waals surface area contributed by atoms with Crippen molar-refractivity contribution >= 4 is 11.3 Å². The monoisotopic (exact) mass is 316 g/mol. The van der Waals surface area contributed by atoms with Crippen molar-refractivity contribution in [2.45, 2.75) is 19.6 Å². The van der Waals surface area contributed by atoms with Gasteiger partial charge >= 0.3 is 0 Å². The zero-order valence-corrected chi connectivity index (χ0v) is 13.4. The Morgan fingerprint density at radius 1 is 1.32 bits per heavy atom. The van der Waals surface area contributed by atoms with Gasteiger partial charge < -0.3 is 9.84 Å². The number of benzene rings is 1. The molecular formula is C17H20N2O2S. The zero-order chi connectivity index (χ0) is 15.8. The molecule has 22 heavy (non-hydrogen) atoms. The molecular weight excluding hydrogens is 296 g/mol. The quantitative estimate of drug-likeness (QED) is 0.813. The molecule has 0 aliphatic carbocycles. The third kappa shape index (κ3) is 5.15. The SMILES string of the molecule is CCN(Cc1cccs1)CC(O)COc1ccc(C#N)cc1. The van der Waals surface area contributed by atoms with E-state index in [-0.39, 0.29) is 6.61 Å². The van der Waals surface area contributed by atoms with E-state index < -0.39 is 6.10 Å². The Labute approximate surface area is 135 Å². The van der Waals surface area contributed by atoms with Crippen LogP contribution in [0.3, 0.4) is 0 Å². The average molecular weight is 316 g/mol. The van der Waals surface area contributed by atoms with E-state index in [4.69, 9.17) is 10.00 Å². The summed E-state index contributed by atoms with van der Waals surface area (Å²) in [6.07, 6.45) is -0.546. The maximum Gasteiger partial charge on any atom is 0.119 e. The molecule has 0 bridgehead atoms. The Bertz CT molecular complexity index is 590. The van der Waals surface area contributed by atoms with Gasteiger partial charge in [-0.1, -0.05) is 13.0 Å². The Morgan fingerprint density at radius 3 is 2.68 bits per heavy atom. The highest BCUT2D eigenvalue weighted by Gasteiger charge is 2.12. The number of hydrogen-bond acceptors (Lipinski definition) is 5. The molecule has 1 heterocycles. The van der Waals surface area contributed by atoms with E-state index in [1.807, 2.05) is 6.07 Å². The number of rotatable bonds is 8. The second-order valence-corrected chi connectivity index (χ2v) is 6.04. The molecule has 1 aromatic carbocycles.